The number of halogens is 1. The van der Waals surface area contributed by atoms with E-state index in [0.29, 0.717) is 12.6 Å². The zero-order chi connectivity index (χ0) is 14.4. The van der Waals surface area contributed by atoms with Crippen LogP contribution in [0.5, 0.6) is 5.75 Å². The van der Waals surface area contributed by atoms with Gasteiger partial charge in [-0.3, -0.25) is 0 Å². The lowest BCUT2D eigenvalue weighted by Crippen LogP contribution is -2.24. The van der Waals surface area contributed by atoms with Gasteiger partial charge in [-0.05, 0) is 56.3 Å². The lowest BCUT2D eigenvalue weighted by atomic mass is 9.86. The molecule has 0 aliphatic heterocycles. The maximum absolute atomic E-state index is 13.4. The van der Waals surface area contributed by atoms with Crippen LogP contribution in [0.25, 0.3) is 0 Å². The summed E-state index contributed by atoms with van der Waals surface area (Å²) in [5.41, 5.74) is 0.921. The quantitative estimate of drug-likeness (QED) is 0.839. The summed E-state index contributed by atoms with van der Waals surface area (Å²) in [6.07, 6.45) is 6.32. The summed E-state index contributed by atoms with van der Waals surface area (Å²) < 4.78 is 19.5. The molecule has 0 unspecified atom stereocenters. The van der Waals surface area contributed by atoms with Crippen LogP contribution < -0.4 is 10.1 Å². The first-order chi connectivity index (χ1) is 9.72. The molecule has 3 heteroatoms. The minimum absolute atomic E-state index is 0.194. The van der Waals surface area contributed by atoms with Gasteiger partial charge in [0, 0.05) is 12.1 Å². The van der Waals surface area contributed by atoms with E-state index in [0.717, 1.165) is 36.6 Å². The number of nitrogens with one attached hydrogen (secondary N) is 1. The molecule has 0 heterocycles. The average Bonchev–Trinajstić information content (AvgIpc) is 2.48. The summed E-state index contributed by atoms with van der Waals surface area (Å²) in [7, 11) is 0. The maximum atomic E-state index is 13.4. The zero-order valence-corrected chi connectivity index (χ0v) is 12.6. The Morgan fingerprint density at radius 2 is 1.95 bits per heavy atom. The largest absolute Gasteiger partial charge is 0.490 e. The summed E-state index contributed by atoms with van der Waals surface area (Å²) in [5, 5.41) is 3.24. The van der Waals surface area contributed by atoms with Gasteiger partial charge in [0.1, 0.15) is 11.6 Å². The number of hydrogen-bond acceptors (Lipinski definition) is 2. The van der Waals surface area contributed by atoms with Crippen LogP contribution in [-0.2, 0) is 6.54 Å². The summed E-state index contributed by atoms with van der Waals surface area (Å²) in [5.74, 6) is 1.51. The molecular weight excluding hydrogens is 253 g/mol. The third kappa shape index (κ3) is 4.20. The molecule has 0 spiro atoms. The van der Waals surface area contributed by atoms with Crippen molar-refractivity contribution in [3.8, 4) is 5.75 Å². The smallest absolute Gasteiger partial charge is 0.124 e. The van der Waals surface area contributed by atoms with E-state index >= 15 is 0 Å². The monoisotopic (exact) mass is 279 g/mol. The molecule has 0 atom stereocenters. The molecule has 0 radical (unpaired) electrons. The molecule has 1 aromatic rings. The average molecular weight is 279 g/mol. The Labute approximate surface area is 121 Å². The molecule has 1 aromatic carbocycles. The van der Waals surface area contributed by atoms with E-state index in [9.17, 15) is 4.39 Å². The van der Waals surface area contributed by atoms with Crippen LogP contribution in [0.1, 0.15) is 51.5 Å². The maximum Gasteiger partial charge on any atom is 0.124 e. The summed E-state index contributed by atoms with van der Waals surface area (Å²) in [6, 6.07) is 4.84. The van der Waals surface area contributed by atoms with Gasteiger partial charge in [0.25, 0.3) is 0 Å². The molecule has 1 aliphatic carbocycles. The van der Waals surface area contributed by atoms with Crippen molar-refractivity contribution in [2.75, 3.05) is 6.54 Å². The predicted molar refractivity (Wildman–Crippen MR) is 80.4 cm³/mol. The van der Waals surface area contributed by atoms with Crippen molar-refractivity contribution < 1.29 is 9.13 Å². The molecule has 0 aromatic heterocycles. The molecular formula is C17H26FNO. The predicted octanol–water partition coefficient (Wildman–Crippen LogP) is 4.28. The van der Waals surface area contributed by atoms with Gasteiger partial charge in [-0.2, -0.15) is 0 Å². The van der Waals surface area contributed by atoms with E-state index in [1.165, 1.54) is 25.3 Å². The topological polar surface area (TPSA) is 21.3 Å². The minimum atomic E-state index is -0.194. The summed E-state index contributed by atoms with van der Waals surface area (Å²) in [6.45, 7) is 5.84. The Morgan fingerprint density at radius 3 is 2.60 bits per heavy atom. The summed E-state index contributed by atoms with van der Waals surface area (Å²) in [4.78, 5) is 0. The van der Waals surface area contributed by atoms with Gasteiger partial charge in [-0.25, -0.2) is 4.39 Å². The molecule has 0 amide bonds. The SMILES string of the molecule is CCNCc1cc(F)ccc1OC1CCC(CC)CC1. The van der Waals surface area contributed by atoms with Gasteiger partial charge >= 0.3 is 0 Å². The van der Waals surface area contributed by atoms with Crippen LogP contribution in [0.4, 0.5) is 4.39 Å². The number of hydrogen-bond donors (Lipinski definition) is 1. The zero-order valence-electron chi connectivity index (χ0n) is 12.6. The third-order valence-electron chi connectivity index (χ3n) is 4.25. The Hall–Kier alpha value is -1.09. The van der Waals surface area contributed by atoms with E-state index in [2.05, 4.69) is 12.2 Å². The fourth-order valence-corrected chi connectivity index (χ4v) is 2.90. The van der Waals surface area contributed by atoms with Gasteiger partial charge in [0.05, 0.1) is 6.10 Å². The Bertz CT molecular complexity index is 413. The first-order valence-electron chi connectivity index (χ1n) is 7.88. The highest BCUT2D eigenvalue weighted by atomic mass is 19.1. The van der Waals surface area contributed by atoms with Crippen molar-refractivity contribution >= 4 is 0 Å². The van der Waals surface area contributed by atoms with Crippen LogP contribution in [0.15, 0.2) is 18.2 Å². The number of benzene rings is 1. The minimum Gasteiger partial charge on any atom is -0.490 e. The Kier molecular flexibility index (Phi) is 5.84. The van der Waals surface area contributed by atoms with Gasteiger partial charge in [0.15, 0.2) is 0 Å². The van der Waals surface area contributed by atoms with Crippen LogP contribution in [0.2, 0.25) is 0 Å². The van der Waals surface area contributed by atoms with Gasteiger partial charge in [0.2, 0.25) is 0 Å². The van der Waals surface area contributed by atoms with Crippen molar-refractivity contribution in [1.82, 2.24) is 5.32 Å². The van der Waals surface area contributed by atoms with E-state index < -0.39 is 0 Å². The highest BCUT2D eigenvalue weighted by Crippen LogP contribution is 2.30. The van der Waals surface area contributed by atoms with E-state index in [1.807, 2.05) is 6.92 Å². The molecule has 2 nitrogen and oxygen atoms in total. The first-order valence-corrected chi connectivity index (χ1v) is 7.88. The van der Waals surface area contributed by atoms with Crippen molar-refractivity contribution in [1.29, 1.82) is 0 Å². The van der Waals surface area contributed by atoms with Crippen LogP contribution in [-0.4, -0.2) is 12.6 Å². The van der Waals surface area contributed by atoms with Crippen molar-refractivity contribution in [3.05, 3.63) is 29.6 Å². The van der Waals surface area contributed by atoms with Crippen molar-refractivity contribution in [2.24, 2.45) is 5.92 Å². The van der Waals surface area contributed by atoms with Crippen LogP contribution in [0.3, 0.4) is 0 Å². The molecule has 0 saturated heterocycles. The third-order valence-corrected chi connectivity index (χ3v) is 4.25. The van der Waals surface area contributed by atoms with Gasteiger partial charge < -0.3 is 10.1 Å². The second-order valence-corrected chi connectivity index (χ2v) is 5.70. The molecule has 1 N–H and O–H groups in total. The lowest BCUT2D eigenvalue weighted by molar-refractivity contribution is 0.128. The number of ether oxygens (including phenoxy) is 1. The fraction of sp³-hybridized carbons (Fsp3) is 0.647. The lowest BCUT2D eigenvalue weighted by Gasteiger charge is -2.29. The summed E-state index contributed by atoms with van der Waals surface area (Å²) >= 11 is 0. The molecule has 1 fully saturated rings. The standard InChI is InChI=1S/C17H26FNO/c1-3-13-5-8-16(9-6-13)20-17-10-7-15(18)11-14(17)12-19-4-2/h7,10-11,13,16,19H,3-6,8-9,12H2,1-2H3. The molecule has 112 valence electrons. The van der Waals surface area contributed by atoms with Gasteiger partial charge in [-0.1, -0.05) is 20.3 Å². The van der Waals surface area contributed by atoms with Crippen molar-refractivity contribution in [3.63, 3.8) is 0 Å². The van der Waals surface area contributed by atoms with E-state index in [1.54, 1.807) is 12.1 Å². The molecule has 1 saturated carbocycles. The second-order valence-electron chi connectivity index (χ2n) is 5.70. The van der Waals surface area contributed by atoms with Crippen molar-refractivity contribution in [2.45, 2.75) is 58.6 Å². The first kappa shape index (κ1) is 15.3. The second kappa shape index (κ2) is 7.63. The fourth-order valence-electron chi connectivity index (χ4n) is 2.90. The van der Waals surface area contributed by atoms with Crippen LogP contribution >= 0.6 is 0 Å². The molecule has 0 bridgehead atoms. The highest BCUT2D eigenvalue weighted by molar-refractivity contribution is 5.34. The van der Waals surface area contributed by atoms with Crippen LogP contribution in [0, 0.1) is 11.7 Å². The van der Waals surface area contributed by atoms with E-state index in [-0.39, 0.29) is 5.82 Å². The Balaban J connectivity index is 1.98. The van der Waals surface area contributed by atoms with Gasteiger partial charge in [-0.15, -0.1) is 0 Å². The number of rotatable bonds is 6. The molecule has 2 rings (SSSR count). The highest BCUT2D eigenvalue weighted by Gasteiger charge is 2.22. The molecule has 1 aliphatic rings. The Morgan fingerprint density at radius 1 is 1.20 bits per heavy atom. The van der Waals surface area contributed by atoms with E-state index in [4.69, 9.17) is 4.74 Å². The molecule has 20 heavy (non-hydrogen) atoms. The normalized spacial score (nSPS) is 22.8.